The summed E-state index contributed by atoms with van der Waals surface area (Å²) in [6.07, 6.45) is 37.3. The van der Waals surface area contributed by atoms with E-state index in [9.17, 15) is 54.8 Å². The number of carbonyl (C=O) groups is 2. The molecule has 1 aliphatic rings. The zero-order chi connectivity index (χ0) is 51.0. The lowest BCUT2D eigenvalue weighted by atomic mass is 9.85. The van der Waals surface area contributed by atoms with Crippen molar-refractivity contribution in [3.63, 3.8) is 0 Å². The van der Waals surface area contributed by atoms with Crippen LogP contribution in [0.15, 0.2) is 122 Å². The maximum absolute atomic E-state index is 12.8. The van der Waals surface area contributed by atoms with E-state index in [0.717, 1.165) is 70.6 Å². The fraction of sp³-hybridized carbons (Fsp3) is 0.585. The summed E-state index contributed by atoms with van der Waals surface area (Å²) in [5.41, 5.74) is 0. The molecule has 390 valence electrons. The Balaban J connectivity index is 2.55. The molecular weight excluding hydrogens is 908 g/mol. The molecule has 0 spiro atoms. The maximum atomic E-state index is 12.8. The van der Waals surface area contributed by atoms with Gasteiger partial charge in [-0.25, -0.2) is 4.57 Å². The van der Waals surface area contributed by atoms with Gasteiger partial charge in [-0.3, -0.25) is 18.6 Å². The minimum absolute atomic E-state index is 0.0260. The first-order valence-corrected chi connectivity index (χ1v) is 26.1. The molecule has 0 aliphatic heterocycles. The molecule has 0 aromatic carbocycles. The lowest BCUT2D eigenvalue weighted by Crippen LogP contribution is -2.64. The average Bonchev–Trinajstić information content (AvgIpc) is 3.32. The Labute approximate surface area is 410 Å². The van der Waals surface area contributed by atoms with E-state index in [4.69, 9.17) is 18.5 Å². The molecule has 1 saturated carbocycles. The van der Waals surface area contributed by atoms with Crippen LogP contribution < -0.4 is 0 Å². The Morgan fingerprint density at radius 3 is 1.54 bits per heavy atom. The van der Waals surface area contributed by atoms with Crippen molar-refractivity contribution in [1.29, 1.82) is 0 Å². The number of ether oxygens (including phenoxy) is 2. The van der Waals surface area contributed by atoms with Crippen LogP contribution in [0.4, 0.5) is 0 Å². The molecular formula is C53H83O15P. The second-order valence-electron chi connectivity index (χ2n) is 16.6. The molecule has 0 bridgehead atoms. The summed E-state index contributed by atoms with van der Waals surface area (Å²) >= 11 is 0. The molecule has 10 atom stereocenters. The lowest BCUT2D eigenvalue weighted by molar-refractivity contribution is -0.220. The number of aliphatic hydroxyl groups excluding tert-OH is 7. The monoisotopic (exact) mass is 991 g/mol. The van der Waals surface area contributed by atoms with E-state index in [0.29, 0.717) is 32.1 Å². The molecule has 0 aromatic rings. The first kappa shape index (κ1) is 63.2. The number of phosphoric acid groups is 1. The van der Waals surface area contributed by atoms with Crippen LogP contribution in [0.3, 0.4) is 0 Å². The second-order valence-corrected chi connectivity index (χ2v) is 18.0. The number of hydrogen-bond acceptors (Lipinski definition) is 14. The van der Waals surface area contributed by atoms with E-state index < -0.39 is 87.9 Å². The molecule has 0 saturated heterocycles. The van der Waals surface area contributed by atoms with Crippen molar-refractivity contribution in [2.75, 3.05) is 13.2 Å². The molecule has 3 unspecified atom stereocenters. The smallest absolute Gasteiger partial charge is 0.462 e. The molecule has 1 fully saturated rings. The maximum Gasteiger partial charge on any atom is 0.472 e. The third kappa shape index (κ3) is 33.4. The third-order valence-corrected chi connectivity index (χ3v) is 11.5. The third-order valence-electron chi connectivity index (χ3n) is 10.5. The average molecular weight is 991 g/mol. The standard InChI is InChI=1S/C53H83O15P/c1-3-5-7-8-9-10-11-12-13-14-15-16-17-18-19-20-21-26-34-40-47(57)67-45(42-66-69(63,64)68-53-51(61)49(59)48(58)50(60)52(53)62)41-65-46(56)39-33-25-23-22-24-30-36-44(55)38-32-28-27-31-37-43(54)35-29-6-4-2/h5-7,9-10,12-13,15-16,23-25,27-32,37-38,43-45,48-55,58-62H,3-4,8,11,14,17-22,26,33-36,39-42H2,1-2H3,(H,63,64)/b7-5-,10-9-,13-12-,16-15-,25-23-,28-27-,29-6-,30-24-,37-31+,38-32+/t43-,44+,45-,48?,49-,50+,51-,52-,53?/m1/s1. The molecule has 1 aliphatic carbocycles. The Morgan fingerprint density at radius 2 is 0.971 bits per heavy atom. The summed E-state index contributed by atoms with van der Waals surface area (Å²) in [5.74, 6) is -1.30. The van der Waals surface area contributed by atoms with E-state index in [1.54, 1.807) is 42.5 Å². The molecule has 0 heterocycles. The van der Waals surface area contributed by atoms with Gasteiger partial charge < -0.3 is 50.1 Å². The predicted octanol–water partition coefficient (Wildman–Crippen LogP) is 8.11. The Morgan fingerprint density at radius 1 is 0.522 bits per heavy atom. The van der Waals surface area contributed by atoms with E-state index in [-0.39, 0.29) is 12.8 Å². The van der Waals surface area contributed by atoms with Gasteiger partial charge in [-0.15, -0.1) is 0 Å². The van der Waals surface area contributed by atoms with Crippen molar-refractivity contribution in [3.8, 4) is 0 Å². The van der Waals surface area contributed by atoms with Crippen LogP contribution in [0.25, 0.3) is 0 Å². The van der Waals surface area contributed by atoms with Gasteiger partial charge in [0.15, 0.2) is 6.10 Å². The van der Waals surface area contributed by atoms with Crippen LogP contribution in [0, 0.1) is 0 Å². The molecule has 0 amide bonds. The van der Waals surface area contributed by atoms with Crippen molar-refractivity contribution >= 4 is 19.8 Å². The van der Waals surface area contributed by atoms with Crippen LogP contribution in [-0.2, 0) is 32.7 Å². The number of rotatable bonds is 38. The molecule has 1 rings (SSSR count). The topological polar surface area (TPSA) is 250 Å². The van der Waals surface area contributed by atoms with Crippen LogP contribution >= 0.6 is 7.82 Å². The molecule has 8 N–H and O–H groups in total. The van der Waals surface area contributed by atoms with Crippen molar-refractivity contribution in [3.05, 3.63) is 122 Å². The van der Waals surface area contributed by atoms with Gasteiger partial charge in [-0.2, -0.15) is 0 Å². The number of phosphoric ester groups is 1. The van der Waals surface area contributed by atoms with Crippen molar-refractivity contribution < 1.29 is 73.3 Å². The Kier molecular flexibility index (Phi) is 37.4. The van der Waals surface area contributed by atoms with E-state index >= 15 is 0 Å². The summed E-state index contributed by atoms with van der Waals surface area (Å²) in [6.45, 7) is 2.83. The van der Waals surface area contributed by atoms with Crippen molar-refractivity contribution in [1.82, 2.24) is 0 Å². The second kappa shape index (κ2) is 40.9. The lowest BCUT2D eigenvalue weighted by Gasteiger charge is -2.41. The largest absolute Gasteiger partial charge is 0.472 e. The molecule has 0 radical (unpaired) electrons. The minimum Gasteiger partial charge on any atom is -0.462 e. The van der Waals surface area contributed by atoms with Crippen molar-refractivity contribution in [2.45, 2.75) is 184 Å². The van der Waals surface area contributed by atoms with Gasteiger partial charge in [0.1, 0.15) is 43.2 Å². The van der Waals surface area contributed by atoms with Gasteiger partial charge in [0, 0.05) is 12.8 Å². The van der Waals surface area contributed by atoms with Gasteiger partial charge in [-0.05, 0) is 77.0 Å². The minimum atomic E-state index is -5.18. The van der Waals surface area contributed by atoms with Gasteiger partial charge in [0.05, 0.1) is 18.8 Å². The normalized spacial score (nSPS) is 22.9. The zero-order valence-corrected chi connectivity index (χ0v) is 41.7. The van der Waals surface area contributed by atoms with Crippen LogP contribution in [-0.4, -0.2) is 121 Å². The molecule has 16 heteroatoms. The highest BCUT2D eigenvalue weighted by Gasteiger charge is 2.51. The summed E-state index contributed by atoms with van der Waals surface area (Å²) in [5, 5.41) is 70.2. The molecule has 15 nitrogen and oxygen atoms in total. The van der Waals surface area contributed by atoms with Crippen LogP contribution in [0.1, 0.15) is 129 Å². The number of allylic oxidation sites excluding steroid dienone is 16. The number of aliphatic hydroxyl groups is 7. The SMILES string of the molecule is CC/C=C\C/C=C\C/C=C\C/C=C\CCCCCCCCC(=O)O[C@H](COC(=O)CC/C=C\C/C=C\C[C@H](O)/C=C/C=C\C=C\[C@H](O)C/C=C\CC)COP(=O)(O)OC1[C@H](O)[C@H](O)C(O)[C@H](O)[C@H]1O. The fourth-order valence-corrected chi connectivity index (χ4v) is 7.51. The van der Waals surface area contributed by atoms with E-state index in [2.05, 4.69) is 55.5 Å². The highest BCUT2D eigenvalue weighted by molar-refractivity contribution is 7.47. The number of esters is 2. The van der Waals surface area contributed by atoms with E-state index in [1.807, 2.05) is 37.3 Å². The highest BCUT2D eigenvalue weighted by Crippen LogP contribution is 2.47. The number of unbranched alkanes of at least 4 members (excludes halogenated alkanes) is 6. The fourth-order valence-electron chi connectivity index (χ4n) is 6.54. The first-order chi connectivity index (χ1) is 33.2. The van der Waals surface area contributed by atoms with E-state index in [1.165, 1.54) is 0 Å². The van der Waals surface area contributed by atoms with Gasteiger partial charge in [0.25, 0.3) is 0 Å². The summed E-state index contributed by atoms with van der Waals surface area (Å²) in [4.78, 5) is 35.8. The Bertz CT molecular complexity index is 1700. The van der Waals surface area contributed by atoms with Crippen LogP contribution in [0.2, 0.25) is 0 Å². The number of carbonyl (C=O) groups excluding carboxylic acids is 2. The number of hydrogen-bond donors (Lipinski definition) is 8. The summed E-state index contributed by atoms with van der Waals surface area (Å²) in [7, 11) is -5.18. The van der Waals surface area contributed by atoms with Crippen molar-refractivity contribution in [2.24, 2.45) is 0 Å². The molecule has 69 heavy (non-hydrogen) atoms. The predicted molar refractivity (Wildman–Crippen MR) is 269 cm³/mol. The first-order valence-electron chi connectivity index (χ1n) is 24.6. The highest BCUT2D eigenvalue weighted by atomic mass is 31.2. The quantitative estimate of drug-likeness (QED) is 0.00957. The zero-order valence-electron chi connectivity index (χ0n) is 40.8. The van der Waals surface area contributed by atoms with Gasteiger partial charge >= 0.3 is 19.8 Å². The van der Waals surface area contributed by atoms with Crippen LogP contribution in [0.5, 0.6) is 0 Å². The van der Waals surface area contributed by atoms with Gasteiger partial charge in [-0.1, -0.05) is 161 Å². The summed E-state index contributed by atoms with van der Waals surface area (Å²) < 4.78 is 33.4. The van der Waals surface area contributed by atoms with Gasteiger partial charge in [0.2, 0.25) is 0 Å². The summed E-state index contributed by atoms with van der Waals surface area (Å²) in [6, 6.07) is 0. The molecule has 0 aromatic heterocycles. The Hall–Kier alpha value is -3.83.